The average Bonchev–Trinajstić information content (AvgIpc) is 3.47. The Morgan fingerprint density at radius 1 is 1.24 bits per heavy atom. The zero-order valence-corrected chi connectivity index (χ0v) is 26.5. The number of benzene rings is 1. The van der Waals surface area contributed by atoms with Crippen LogP contribution in [0.2, 0.25) is 0 Å². The summed E-state index contributed by atoms with van der Waals surface area (Å²) in [5.41, 5.74) is 3.85. The van der Waals surface area contributed by atoms with Crippen molar-refractivity contribution in [1.29, 1.82) is 0 Å². The molecule has 0 radical (unpaired) electrons. The van der Waals surface area contributed by atoms with Crippen molar-refractivity contribution in [2.75, 3.05) is 38.6 Å². The smallest absolute Gasteiger partial charge is 0.325 e. The third-order valence-corrected chi connectivity index (χ3v) is 9.19. The van der Waals surface area contributed by atoms with E-state index in [9.17, 15) is 18.7 Å². The Bertz CT molecular complexity index is 1430. The largest absolute Gasteiger partial charge is 0.493 e. The molecule has 2 aliphatic heterocycles. The fraction of sp³-hybridized carbons (Fsp3) is 0.543. The molecule has 0 bridgehead atoms. The van der Waals surface area contributed by atoms with E-state index in [1.807, 2.05) is 18.7 Å². The molecule has 3 heterocycles. The number of methoxy groups -OCH3 is 1. The third-order valence-electron chi connectivity index (χ3n) is 9.19. The lowest BCUT2D eigenvalue weighted by Gasteiger charge is -2.36. The molecule has 2 aromatic rings. The molecule has 3 aliphatic rings. The number of ether oxygens (including phenoxy) is 1. The number of hydrogen-bond acceptors (Lipinski definition) is 6. The molecule has 1 unspecified atom stereocenters. The molecular weight excluding hydrogens is 581 g/mol. The fourth-order valence-corrected chi connectivity index (χ4v) is 6.82. The quantitative estimate of drug-likeness (QED) is 0.230. The second-order valence-corrected chi connectivity index (χ2v) is 12.8. The summed E-state index contributed by atoms with van der Waals surface area (Å²) in [5, 5.41) is 13.7. The van der Waals surface area contributed by atoms with E-state index >= 15 is 4.39 Å². The fourth-order valence-electron chi connectivity index (χ4n) is 6.82. The van der Waals surface area contributed by atoms with Gasteiger partial charge >= 0.3 is 5.97 Å². The molecule has 10 heteroatoms. The summed E-state index contributed by atoms with van der Waals surface area (Å²) in [5.74, 6) is -3.71. The molecule has 0 saturated carbocycles. The van der Waals surface area contributed by atoms with Gasteiger partial charge in [0.25, 0.3) is 5.92 Å². The van der Waals surface area contributed by atoms with Crippen LogP contribution in [0.15, 0.2) is 48.2 Å². The van der Waals surface area contributed by atoms with Crippen LogP contribution in [0.4, 0.5) is 19.0 Å². The lowest BCUT2D eigenvalue weighted by Crippen LogP contribution is -2.41. The number of anilines is 1. The Labute approximate surface area is 264 Å². The number of carboxylic acid groups (broad SMARTS) is 1. The lowest BCUT2D eigenvalue weighted by molar-refractivity contribution is -0.143. The predicted molar refractivity (Wildman–Crippen MR) is 169 cm³/mol. The summed E-state index contributed by atoms with van der Waals surface area (Å²) in [6.07, 6.45) is 10.0. The number of unbranched alkanes of at least 4 members (excludes halogenated alkanes) is 2. The van der Waals surface area contributed by atoms with Gasteiger partial charge in [-0.15, -0.1) is 0 Å². The Morgan fingerprint density at radius 3 is 2.80 bits per heavy atom. The van der Waals surface area contributed by atoms with Crippen molar-refractivity contribution >= 4 is 11.8 Å². The van der Waals surface area contributed by atoms with E-state index in [1.165, 1.54) is 24.8 Å². The number of aryl methyl sites for hydroxylation is 2. The van der Waals surface area contributed by atoms with Crippen molar-refractivity contribution in [3.63, 3.8) is 0 Å². The van der Waals surface area contributed by atoms with Gasteiger partial charge < -0.3 is 20.1 Å². The number of fused-ring (bicyclic) bond motifs is 1. The SMILES string of the molecule is COc1c(F)cc(C(C)C)cc1C(C(=O)O)N1CC[C@H](N(CCCCCc2ccc3c(n2)NCCC3)C2=CC=CC(F)(F)C2)C1. The number of aliphatic carboxylic acids is 1. The number of carbonyl (C=O) groups is 1. The molecule has 1 aromatic carbocycles. The lowest BCUT2D eigenvalue weighted by atomic mass is 9.95. The van der Waals surface area contributed by atoms with Gasteiger partial charge in [0.1, 0.15) is 11.9 Å². The van der Waals surface area contributed by atoms with Crippen LogP contribution in [0.5, 0.6) is 5.75 Å². The number of halogens is 3. The van der Waals surface area contributed by atoms with Gasteiger partial charge in [0.15, 0.2) is 11.6 Å². The third kappa shape index (κ3) is 7.83. The van der Waals surface area contributed by atoms with Crippen LogP contribution in [-0.2, 0) is 17.6 Å². The average molecular weight is 627 g/mol. The topological polar surface area (TPSA) is 77.9 Å². The predicted octanol–water partition coefficient (Wildman–Crippen LogP) is 7.10. The molecule has 1 fully saturated rings. The number of allylic oxidation sites excluding steroid dienone is 4. The van der Waals surface area contributed by atoms with Gasteiger partial charge in [0.2, 0.25) is 0 Å². The van der Waals surface area contributed by atoms with E-state index in [0.29, 0.717) is 37.3 Å². The number of carboxylic acids is 1. The highest BCUT2D eigenvalue weighted by Gasteiger charge is 2.40. The van der Waals surface area contributed by atoms with E-state index in [2.05, 4.69) is 22.3 Å². The highest BCUT2D eigenvalue weighted by atomic mass is 19.3. The molecule has 1 saturated heterocycles. The first-order valence-electron chi connectivity index (χ1n) is 16.2. The minimum Gasteiger partial charge on any atom is -0.493 e. The first-order valence-corrected chi connectivity index (χ1v) is 16.2. The van der Waals surface area contributed by atoms with Crippen molar-refractivity contribution < 1.29 is 27.8 Å². The van der Waals surface area contributed by atoms with Gasteiger partial charge in [-0.1, -0.05) is 32.4 Å². The highest BCUT2D eigenvalue weighted by molar-refractivity contribution is 5.77. The van der Waals surface area contributed by atoms with Crippen molar-refractivity contribution in [1.82, 2.24) is 14.8 Å². The zero-order valence-electron chi connectivity index (χ0n) is 26.5. The van der Waals surface area contributed by atoms with Crippen LogP contribution >= 0.6 is 0 Å². The Morgan fingerprint density at radius 2 is 2.07 bits per heavy atom. The van der Waals surface area contributed by atoms with Crippen molar-refractivity contribution in [2.24, 2.45) is 0 Å². The number of pyridine rings is 1. The minimum atomic E-state index is -2.93. The van der Waals surface area contributed by atoms with Gasteiger partial charge in [-0.3, -0.25) is 9.69 Å². The van der Waals surface area contributed by atoms with E-state index < -0.39 is 23.8 Å². The number of likely N-dealkylation sites (tertiary alicyclic amines) is 1. The summed E-state index contributed by atoms with van der Waals surface area (Å²) >= 11 is 0. The van der Waals surface area contributed by atoms with E-state index in [1.54, 1.807) is 12.1 Å². The number of nitrogens with zero attached hydrogens (tertiary/aromatic N) is 3. The van der Waals surface area contributed by atoms with Crippen molar-refractivity contribution in [3.05, 3.63) is 76.4 Å². The Kier molecular flexibility index (Phi) is 10.4. The molecule has 2 N–H and O–H groups in total. The van der Waals surface area contributed by atoms with Gasteiger partial charge in [-0.2, -0.15) is 0 Å². The molecule has 244 valence electrons. The molecule has 0 amide bonds. The van der Waals surface area contributed by atoms with Crippen LogP contribution in [0, 0.1) is 5.82 Å². The molecule has 1 aliphatic carbocycles. The minimum absolute atomic E-state index is 0.00641. The molecule has 5 rings (SSSR count). The van der Waals surface area contributed by atoms with Crippen molar-refractivity contribution in [3.8, 4) is 5.75 Å². The number of aromatic nitrogens is 1. The molecule has 0 spiro atoms. The first kappa shape index (κ1) is 32.9. The maximum absolute atomic E-state index is 15.1. The second kappa shape index (κ2) is 14.3. The van der Waals surface area contributed by atoms with Crippen LogP contribution < -0.4 is 10.1 Å². The molecule has 2 atom stereocenters. The standard InChI is InChI=1S/C35H45F3N4O3/c1-23(2)25-19-29(32(45-3)30(36)20-25)31(34(43)44)41-18-14-28(22-41)42(27-11-7-15-35(37,38)21-27)17-6-4-5-10-26-13-12-24-9-8-16-39-33(24)40-26/h7,11-13,15,19-20,23,28,31H,4-6,8-10,14,16-18,21-22H2,1-3H3,(H,39,40)(H,43,44)/t28-,31?/m0/s1. The maximum Gasteiger partial charge on any atom is 0.325 e. The molecule has 45 heavy (non-hydrogen) atoms. The molecule has 7 nitrogen and oxygen atoms in total. The van der Waals surface area contributed by atoms with Gasteiger partial charge in [0, 0.05) is 49.2 Å². The van der Waals surface area contributed by atoms with Gasteiger partial charge in [0.05, 0.1) is 13.5 Å². The van der Waals surface area contributed by atoms with Crippen LogP contribution in [0.25, 0.3) is 0 Å². The zero-order chi connectivity index (χ0) is 32.1. The van der Waals surface area contributed by atoms with E-state index in [-0.39, 0.29) is 29.7 Å². The van der Waals surface area contributed by atoms with Gasteiger partial charge in [-0.05, 0) is 85.9 Å². The Balaban J connectivity index is 1.28. The van der Waals surface area contributed by atoms with E-state index in [4.69, 9.17) is 9.72 Å². The highest BCUT2D eigenvalue weighted by Crippen LogP contribution is 2.39. The summed E-state index contributed by atoms with van der Waals surface area (Å²) in [6.45, 7) is 6.18. The van der Waals surface area contributed by atoms with Crippen LogP contribution in [-0.4, -0.2) is 71.1 Å². The molecule has 1 aromatic heterocycles. The van der Waals surface area contributed by atoms with Crippen LogP contribution in [0.3, 0.4) is 0 Å². The van der Waals surface area contributed by atoms with E-state index in [0.717, 1.165) is 62.7 Å². The number of rotatable bonds is 13. The number of nitrogens with one attached hydrogen (secondary N) is 1. The maximum atomic E-state index is 15.1. The second-order valence-electron chi connectivity index (χ2n) is 12.8. The number of hydrogen-bond donors (Lipinski definition) is 2. The monoisotopic (exact) mass is 626 g/mol. The van der Waals surface area contributed by atoms with Crippen molar-refractivity contribution in [2.45, 2.75) is 89.1 Å². The first-order chi connectivity index (χ1) is 21.6. The van der Waals surface area contributed by atoms with Gasteiger partial charge in [-0.25, -0.2) is 18.2 Å². The molecular formula is C35H45F3N4O3. The number of alkyl halides is 2. The summed E-state index contributed by atoms with van der Waals surface area (Å²) in [7, 11) is 1.34. The normalized spacial score (nSPS) is 20.0. The van der Waals surface area contributed by atoms with Crippen LogP contribution in [0.1, 0.15) is 86.7 Å². The summed E-state index contributed by atoms with van der Waals surface area (Å²) in [6, 6.07) is 6.09. The Hall–Kier alpha value is -3.53. The summed E-state index contributed by atoms with van der Waals surface area (Å²) in [4.78, 5) is 21.3. The summed E-state index contributed by atoms with van der Waals surface area (Å²) < 4.78 is 49.4.